The van der Waals surface area contributed by atoms with Crippen molar-refractivity contribution in [2.45, 2.75) is 38.1 Å². The lowest BCUT2D eigenvalue weighted by atomic mass is 9.75. The molecule has 90 valence electrons. The number of anilines is 2. The van der Waals surface area contributed by atoms with Crippen molar-refractivity contribution < 1.29 is 0 Å². The molecular formula is C12H16N4S. The quantitative estimate of drug-likeness (QED) is 0.876. The molecule has 1 aliphatic carbocycles. The highest BCUT2D eigenvalue weighted by Gasteiger charge is 2.35. The van der Waals surface area contributed by atoms with Crippen LogP contribution in [0.4, 0.5) is 11.8 Å². The number of thiophene rings is 1. The summed E-state index contributed by atoms with van der Waals surface area (Å²) < 4.78 is 0. The fourth-order valence-electron chi connectivity index (χ4n) is 2.39. The zero-order valence-electron chi connectivity index (χ0n) is 9.86. The molecular weight excluding hydrogens is 232 g/mol. The number of nitrogens with one attached hydrogen (secondary N) is 1. The van der Waals surface area contributed by atoms with Gasteiger partial charge in [-0.05, 0) is 37.1 Å². The van der Waals surface area contributed by atoms with Crippen LogP contribution in [0.3, 0.4) is 0 Å². The van der Waals surface area contributed by atoms with Crippen LogP contribution >= 0.6 is 11.3 Å². The van der Waals surface area contributed by atoms with Gasteiger partial charge in [0.05, 0.1) is 5.39 Å². The number of nitrogen functional groups attached to an aromatic ring is 1. The first-order chi connectivity index (χ1) is 8.22. The average molecular weight is 248 g/mol. The summed E-state index contributed by atoms with van der Waals surface area (Å²) in [6, 6.07) is 2.06. The molecule has 0 spiro atoms. The number of rotatable bonds is 3. The summed E-state index contributed by atoms with van der Waals surface area (Å²) in [7, 11) is 0. The van der Waals surface area contributed by atoms with E-state index in [1.54, 1.807) is 11.3 Å². The van der Waals surface area contributed by atoms with Gasteiger partial charge in [0, 0.05) is 5.54 Å². The first kappa shape index (κ1) is 10.8. The molecule has 1 aliphatic rings. The maximum absolute atomic E-state index is 5.75. The molecule has 1 fully saturated rings. The molecule has 17 heavy (non-hydrogen) atoms. The smallest absolute Gasteiger partial charge is 0.223 e. The molecule has 2 aromatic rings. The Balaban J connectivity index is 2.01. The maximum Gasteiger partial charge on any atom is 0.223 e. The predicted octanol–water partition coefficient (Wildman–Crippen LogP) is 3.02. The van der Waals surface area contributed by atoms with Crippen LogP contribution < -0.4 is 11.1 Å². The Labute approximate surface area is 104 Å². The zero-order valence-corrected chi connectivity index (χ0v) is 10.7. The molecule has 5 heteroatoms. The molecule has 4 nitrogen and oxygen atoms in total. The van der Waals surface area contributed by atoms with E-state index in [2.05, 4.69) is 28.3 Å². The minimum Gasteiger partial charge on any atom is -0.368 e. The van der Waals surface area contributed by atoms with Crippen LogP contribution in [0.25, 0.3) is 10.2 Å². The molecule has 0 bridgehead atoms. The van der Waals surface area contributed by atoms with E-state index in [0.717, 1.165) is 22.5 Å². The molecule has 1 saturated carbocycles. The minimum atomic E-state index is 0.232. The van der Waals surface area contributed by atoms with E-state index in [0.29, 0.717) is 5.95 Å². The zero-order chi connectivity index (χ0) is 11.9. The highest BCUT2D eigenvalue weighted by Crippen LogP contribution is 2.39. The molecule has 0 radical (unpaired) electrons. The summed E-state index contributed by atoms with van der Waals surface area (Å²) >= 11 is 1.60. The lowest BCUT2D eigenvalue weighted by Gasteiger charge is -2.42. The van der Waals surface area contributed by atoms with Gasteiger partial charge in [-0.1, -0.05) is 6.92 Å². The molecule has 2 aromatic heterocycles. The Bertz CT molecular complexity index is 539. The highest BCUT2D eigenvalue weighted by molar-refractivity contribution is 7.16. The van der Waals surface area contributed by atoms with Crippen molar-refractivity contribution in [2.24, 2.45) is 0 Å². The van der Waals surface area contributed by atoms with Crippen molar-refractivity contribution in [1.82, 2.24) is 9.97 Å². The van der Waals surface area contributed by atoms with Gasteiger partial charge in [-0.2, -0.15) is 4.98 Å². The Morgan fingerprint density at radius 3 is 2.94 bits per heavy atom. The van der Waals surface area contributed by atoms with Crippen molar-refractivity contribution in [3.8, 4) is 0 Å². The number of hydrogen-bond acceptors (Lipinski definition) is 5. The van der Waals surface area contributed by atoms with E-state index in [-0.39, 0.29) is 5.54 Å². The van der Waals surface area contributed by atoms with Crippen LogP contribution in [0.15, 0.2) is 11.4 Å². The first-order valence-corrected chi connectivity index (χ1v) is 6.89. The van der Waals surface area contributed by atoms with Crippen molar-refractivity contribution >= 4 is 33.3 Å². The number of nitrogens with zero attached hydrogens (tertiary/aromatic N) is 2. The molecule has 0 saturated heterocycles. The van der Waals surface area contributed by atoms with Gasteiger partial charge in [-0.3, -0.25) is 0 Å². The van der Waals surface area contributed by atoms with Crippen LogP contribution in [0.2, 0.25) is 0 Å². The maximum atomic E-state index is 5.75. The van der Waals surface area contributed by atoms with E-state index >= 15 is 0 Å². The normalized spacial score (nSPS) is 17.9. The Hall–Kier alpha value is -1.36. The number of nitrogens with two attached hydrogens (primary N) is 1. The molecule has 3 N–H and O–H groups in total. The van der Waals surface area contributed by atoms with Crippen molar-refractivity contribution in [2.75, 3.05) is 11.1 Å². The SMILES string of the molecule is CCC1(Nc2nc(N)nc3sccc23)CCC1. The average Bonchev–Trinajstić information content (AvgIpc) is 2.71. The van der Waals surface area contributed by atoms with Gasteiger partial charge in [0.25, 0.3) is 0 Å². The van der Waals surface area contributed by atoms with Crippen molar-refractivity contribution in [3.63, 3.8) is 0 Å². The third-order valence-corrected chi connectivity index (χ3v) is 4.52. The van der Waals surface area contributed by atoms with E-state index < -0.39 is 0 Å². The molecule has 3 rings (SSSR count). The number of aromatic nitrogens is 2. The van der Waals surface area contributed by atoms with Crippen LogP contribution in [-0.4, -0.2) is 15.5 Å². The van der Waals surface area contributed by atoms with Crippen LogP contribution in [-0.2, 0) is 0 Å². The standard InChI is InChI=1S/C12H16N4S/c1-2-12(5-3-6-12)16-9-8-4-7-17-10(8)15-11(13)14-9/h4,7H,2-3,5-6H2,1H3,(H3,13,14,15,16). The van der Waals surface area contributed by atoms with E-state index in [1.165, 1.54) is 19.3 Å². The largest absolute Gasteiger partial charge is 0.368 e. The molecule has 0 amide bonds. The molecule has 0 aliphatic heterocycles. The van der Waals surface area contributed by atoms with Gasteiger partial charge in [-0.15, -0.1) is 11.3 Å². The van der Waals surface area contributed by atoms with Gasteiger partial charge in [-0.25, -0.2) is 4.98 Å². The first-order valence-electron chi connectivity index (χ1n) is 6.01. The lowest BCUT2D eigenvalue weighted by Crippen LogP contribution is -2.44. The monoisotopic (exact) mass is 248 g/mol. The van der Waals surface area contributed by atoms with E-state index in [4.69, 9.17) is 5.73 Å². The number of hydrogen-bond donors (Lipinski definition) is 2. The molecule has 0 atom stereocenters. The Morgan fingerprint density at radius 2 is 2.29 bits per heavy atom. The summed E-state index contributed by atoms with van der Waals surface area (Å²) in [4.78, 5) is 9.56. The molecule has 0 unspecified atom stereocenters. The van der Waals surface area contributed by atoms with Crippen LogP contribution in [0.1, 0.15) is 32.6 Å². The summed E-state index contributed by atoms with van der Waals surface area (Å²) in [5.74, 6) is 1.25. The van der Waals surface area contributed by atoms with Crippen molar-refractivity contribution in [3.05, 3.63) is 11.4 Å². The lowest BCUT2D eigenvalue weighted by molar-refractivity contribution is 0.269. The Morgan fingerprint density at radius 1 is 1.47 bits per heavy atom. The van der Waals surface area contributed by atoms with Gasteiger partial charge < -0.3 is 11.1 Å². The van der Waals surface area contributed by atoms with Crippen LogP contribution in [0.5, 0.6) is 0 Å². The number of fused-ring (bicyclic) bond motifs is 1. The molecule has 2 heterocycles. The summed E-state index contributed by atoms with van der Waals surface area (Å²) in [5, 5.41) is 6.71. The van der Waals surface area contributed by atoms with Crippen LogP contribution in [0, 0.1) is 0 Å². The summed E-state index contributed by atoms with van der Waals surface area (Å²) in [6.45, 7) is 2.22. The van der Waals surface area contributed by atoms with Crippen molar-refractivity contribution in [1.29, 1.82) is 0 Å². The van der Waals surface area contributed by atoms with Gasteiger partial charge >= 0.3 is 0 Å². The highest BCUT2D eigenvalue weighted by atomic mass is 32.1. The second kappa shape index (κ2) is 3.84. The topological polar surface area (TPSA) is 63.8 Å². The Kier molecular flexibility index (Phi) is 2.43. The third-order valence-electron chi connectivity index (χ3n) is 3.71. The summed E-state index contributed by atoms with van der Waals surface area (Å²) in [5.41, 5.74) is 5.98. The van der Waals surface area contributed by atoms with E-state index in [1.807, 2.05) is 5.38 Å². The van der Waals surface area contributed by atoms with E-state index in [9.17, 15) is 0 Å². The van der Waals surface area contributed by atoms with Gasteiger partial charge in [0.2, 0.25) is 5.95 Å². The fraction of sp³-hybridized carbons (Fsp3) is 0.500. The second-order valence-corrected chi connectivity index (χ2v) is 5.58. The fourth-order valence-corrected chi connectivity index (χ4v) is 3.16. The van der Waals surface area contributed by atoms with Gasteiger partial charge in [0.1, 0.15) is 10.6 Å². The summed E-state index contributed by atoms with van der Waals surface area (Å²) in [6.07, 6.45) is 4.87. The third kappa shape index (κ3) is 1.74. The molecule has 0 aromatic carbocycles. The second-order valence-electron chi connectivity index (χ2n) is 4.68. The van der Waals surface area contributed by atoms with Gasteiger partial charge in [0.15, 0.2) is 0 Å². The predicted molar refractivity (Wildman–Crippen MR) is 72.3 cm³/mol. The minimum absolute atomic E-state index is 0.232.